The highest BCUT2D eigenvalue weighted by Gasteiger charge is 2.38. The molecular weight excluding hydrogens is 510 g/mol. The highest BCUT2D eigenvalue weighted by molar-refractivity contribution is 5.92. The first-order valence-electron chi connectivity index (χ1n) is 13.3. The van der Waals surface area contributed by atoms with E-state index in [4.69, 9.17) is 0 Å². The average molecular weight is 552 g/mol. The van der Waals surface area contributed by atoms with Gasteiger partial charge < -0.3 is 35.4 Å². The average Bonchev–Trinajstić information content (AvgIpc) is 3.36. The van der Waals surface area contributed by atoms with Crippen molar-refractivity contribution in [3.63, 3.8) is 0 Å². The lowest BCUT2D eigenvalue weighted by Gasteiger charge is -2.39. The van der Waals surface area contributed by atoms with Crippen molar-refractivity contribution in [3.05, 3.63) is 89.5 Å². The van der Waals surface area contributed by atoms with Gasteiger partial charge in [0.1, 0.15) is 17.6 Å². The van der Waals surface area contributed by atoms with Crippen LogP contribution in [0, 0.1) is 0 Å². The lowest BCUT2D eigenvalue weighted by molar-refractivity contribution is -0.0342. The normalized spacial score (nSPS) is 14.8. The maximum Gasteiger partial charge on any atom is 0.407 e. The van der Waals surface area contributed by atoms with Gasteiger partial charge in [0.25, 0.3) is 5.91 Å². The van der Waals surface area contributed by atoms with Crippen LogP contribution in [-0.2, 0) is 13.0 Å². The van der Waals surface area contributed by atoms with Crippen molar-refractivity contribution < 1.29 is 24.9 Å². The first-order valence-corrected chi connectivity index (χ1v) is 13.3. The second kappa shape index (κ2) is 13.6. The number of β-amino-alcohol motifs (C(OH)–C–C–N with tert-alkyl or cyclic N) is 1. The fraction of sp³-hybridized carbons (Fsp3) is 0.433. The topological polar surface area (TPSA) is 142 Å². The standard InChI is InChI=1S/C30H41N5O5/c1-30(2,3)35(29(39)40)18-24(36)27(37)26(33-28(38)23-17-31-25(32-23)19-34(4)5)22(21-14-10-7-11-15-21)16-20-12-8-6-9-13-20/h6-15,17,22,24,26-27,36-37H,16,18-19H2,1-5H3,(H,31,32)(H,33,38)(H,39,40). The number of carbonyl (C=O) groups is 2. The highest BCUT2D eigenvalue weighted by atomic mass is 16.4. The molecule has 0 bridgehead atoms. The highest BCUT2D eigenvalue weighted by Crippen LogP contribution is 2.28. The Morgan fingerprint density at radius 1 is 1.00 bits per heavy atom. The second-order valence-corrected chi connectivity index (χ2v) is 11.3. The molecule has 40 heavy (non-hydrogen) atoms. The summed E-state index contributed by atoms with van der Waals surface area (Å²) in [5.41, 5.74) is 1.24. The molecule has 216 valence electrons. The summed E-state index contributed by atoms with van der Waals surface area (Å²) < 4.78 is 0. The zero-order valence-electron chi connectivity index (χ0n) is 23.8. The number of benzene rings is 2. The smallest absolute Gasteiger partial charge is 0.407 e. The third kappa shape index (κ3) is 8.38. The number of H-pyrrole nitrogens is 1. The quantitative estimate of drug-likeness (QED) is 0.233. The summed E-state index contributed by atoms with van der Waals surface area (Å²) in [4.78, 5) is 35.7. The fourth-order valence-electron chi connectivity index (χ4n) is 4.70. The zero-order valence-corrected chi connectivity index (χ0v) is 23.8. The zero-order chi connectivity index (χ0) is 29.4. The van der Waals surface area contributed by atoms with E-state index < -0.39 is 41.7 Å². The summed E-state index contributed by atoms with van der Waals surface area (Å²) in [6, 6.07) is 18.2. The Hall–Kier alpha value is -3.73. The van der Waals surface area contributed by atoms with E-state index in [2.05, 4.69) is 15.3 Å². The SMILES string of the molecule is CN(C)Cc1ncc(C(=O)NC(C(Cc2ccccc2)c2ccccc2)C(O)C(O)CN(C(=O)O)C(C)(C)C)[nH]1. The van der Waals surface area contributed by atoms with E-state index in [0.717, 1.165) is 16.0 Å². The van der Waals surface area contributed by atoms with Crippen LogP contribution in [0.15, 0.2) is 66.9 Å². The molecule has 0 aliphatic heterocycles. The van der Waals surface area contributed by atoms with Crippen LogP contribution in [0.4, 0.5) is 4.79 Å². The summed E-state index contributed by atoms with van der Waals surface area (Å²) in [6.45, 7) is 5.31. The van der Waals surface area contributed by atoms with Gasteiger partial charge in [0, 0.05) is 11.5 Å². The number of carboxylic acid groups (broad SMARTS) is 1. The molecule has 2 amide bonds. The van der Waals surface area contributed by atoms with Crippen LogP contribution >= 0.6 is 0 Å². The van der Waals surface area contributed by atoms with E-state index in [0.29, 0.717) is 18.8 Å². The Kier molecular flexibility index (Phi) is 10.4. The van der Waals surface area contributed by atoms with Crippen molar-refractivity contribution in [2.45, 2.75) is 63.4 Å². The van der Waals surface area contributed by atoms with Crippen LogP contribution in [0.5, 0.6) is 0 Å². The monoisotopic (exact) mass is 551 g/mol. The van der Waals surface area contributed by atoms with Gasteiger partial charge in [-0.05, 0) is 52.4 Å². The molecule has 10 nitrogen and oxygen atoms in total. The van der Waals surface area contributed by atoms with Crippen molar-refractivity contribution in [3.8, 4) is 0 Å². The molecule has 1 heterocycles. The molecule has 0 aliphatic rings. The van der Waals surface area contributed by atoms with E-state index in [-0.39, 0.29) is 12.2 Å². The molecule has 1 aromatic heterocycles. The Labute approximate surface area is 235 Å². The number of imidazole rings is 1. The van der Waals surface area contributed by atoms with Gasteiger partial charge in [0.2, 0.25) is 0 Å². The summed E-state index contributed by atoms with van der Waals surface area (Å²) in [7, 11) is 3.78. The minimum atomic E-state index is -1.49. The van der Waals surface area contributed by atoms with Crippen LogP contribution in [0.2, 0.25) is 0 Å². The van der Waals surface area contributed by atoms with Gasteiger partial charge in [-0.3, -0.25) is 4.79 Å². The largest absolute Gasteiger partial charge is 0.465 e. The van der Waals surface area contributed by atoms with Crippen molar-refractivity contribution in [2.75, 3.05) is 20.6 Å². The molecule has 3 aromatic rings. The molecule has 0 spiro atoms. The maximum atomic E-state index is 13.5. The van der Waals surface area contributed by atoms with E-state index >= 15 is 0 Å². The Bertz CT molecular complexity index is 1230. The number of rotatable bonds is 12. The van der Waals surface area contributed by atoms with Crippen molar-refractivity contribution in [2.24, 2.45) is 0 Å². The number of aromatic nitrogens is 2. The number of nitrogens with zero attached hydrogens (tertiary/aromatic N) is 3. The van der Waals surface area contributed by atoms with Crippen LogP contribution < -0.4 is 5.32 Å². The molecule has 0 saturated carbocycles. The number of aliphatic hydroxyl groups excluding tert-OH is 2. The van der Waals surface area contributed by atoms with Gasteiger partial charge in [0.05, 0.1) is 31.4 Å². The van der Waals surface area contributed by atoms with E-state index in [9.17, 15) is 24.9 Å². The molecular formula is C30H41N5O5. The first kappa shape index (κ1) is 30.8. The minimum absolute atomic E-state index is 0.219. The van der Waals surface area contributed by atoms with Gasteiger partial charge in [-0.1, -0.05) is 60.7 Å². The van der Waals surface area contributed by atoms with Gasteiger partial charge in [-0.25, -0.2) is 9.78 Å². The molecule has 0 fully saturated rings. The van der Waals surface area contributed by atoms with E-state index in [1.54, 1.807) is 20.8 Å². The molecule has 0 saturated heterocycles. The predicted octanol–water partition coefficient (Wildman–Crippen LogP) is 3.10. The number of carbonyl (C=O) groups excluding carboxylic acids is 1. The number of hydrogen-bond donors (Lipinski definition) is 5. The van der Waals surface area contributed by atoms with Crippen molar-refractivity contribution in [1.82, 2.24) is 25.1 Å². The molecule has 3 rings (SSSR count). The molecule has 2 aromatic carbocycles. The summed E-state index contributed by atoms with van der Waals surface area (Å²) in [6.07, 6.45) is -2.29. The molecule has 0 aliphatic carbocycles. The molecule has 4 unspecified atom stereocenters. The van der Waals surface area contributed by atoms with Crippen molar-refractivity contribution >= 4 is 12.0 Å². The number of amides is 2. The number of aromatic amines is 1. The fourth-order valence-corrected chi connectivity index (χ4v) is 4.70. The third-order valence-electron chi connectivity index (χ3n) is 6.77. The molecule has 10 heteroatoms. The van der Waals surface area contributed by atoms with Gasteiger partial charge in [-0.2, -0.15) is 0 Å². The van der Waals surface area contributed by atoms with Gasteiger partial charge in [-0.15, -0.1) is 0 Å². The lowest BCUT2D eigenvalue weighted by Crippen LogP contribution is -2.57. The first-order chi connectivity index (χ1) is 18.9. The molecule has 4 atom stereocenters. The second-order valence-electron chi connectivity index (χ2n) is 11.3. The van der Waals surface area contributed by atoms with E-state index in [1.165, 1.54) is 6.20 Å². The van der Waals surface area contributed by atoms with Gasteiger partial charge >= 0.3 is 6.09 Å². The Morgan fingerprint density at radius 3 is 2.15 bits per heavy atom. The Morgan fingerprint density at radius 2 is 1.60 bits per heavy atom. The molecule has 5 N–H and O–H groups in total. The summed E-state index contributed by atoms with van der Waals surface area (Å²) in [5, 5.41) is 35.5. The van der Waals surface area contributed by atoms with Gasteiger partial charge in [0.15, 0.2) is 0 Å². The maximum absolute atomic E-state index is 13.5. The summed E-state index contributed by atoms with van der Waals surface area (Å²) >= 11 is 0. The van der Waals surface area contributed by atoms with Crippen LogP contribution in [-0.4, -0.2) is 91.5 Å². The predicted molar refractivity (Wildman–Crippen MR) is 153 cm³/mol. The third-order valence-corrected chi connectivity index (χ3v) is 6.77. The van der Waals surface area contributed by atoms with Crippen LogP contribution in [0.3, 0.4) is 0 Å². The van der Waals surface area contributed by atoms with Crippen LogP contribution in [0.25, 0.3) is 0 Å². The summed E-state index contributed by atoms with van der Waals surface area (Å²) in [5.74, 6) is -0.332. The number of hydrogen-bond acceptors (Lipinski definition) is 6. The number of aliphatic hydroxyl groups is 2. The lowest BCUT2D eigenvalue weighted by atomic mass is 9.81. The Balaban J connectivity index is 2.00. The number of nitrogens with one attached hydrogen (secondary N) is 2. The van der Waals surface area contributed by atoms with Crippen LogP contribution in [0.1, 0.15) is 54.1 Å². The minimum Gasteiger partial charge on any atom is -0.465 e. The molecule has 0 radical (unpaired) electrons. The van der Waals surface area contributed by atoms with Crippen molar-refractivity contribution in [1.29, 1.82) is 0 Å². The van der Waals surface area contributed by atoms with E-state index in [1.807, 2.05) is 79.7 Å².